The zero-order valence-corrected chi connectivity index (χ0v) is 22.4. The smallest absolute Gasteiger partial charge is 0.0551 e. The second kappa shape index (κ2) is 10.9. The molecule has 2 nitrogen and oxygen atoms in total. The molecule has 0 spiro atoms. The molecule has 1 N–H and O–H groups in total. The summed E-state index contributed by atoms with van der Waals surface area (Å²) in [6.07, 6.45) is 41.1. The number of benzene rings is 1. The van der Waals surface area contributed by atoms with Crippen molar-refractivity contribution in [1.29, 1.82) is 0 Å². The Morgan fingerprint density at radius 2 is 1.50 bits per heavy atom. The van der Waals surface area contributed by atoms with Crippen LogP contribution in [0.4, 0.5) is 5.69 Å². The van der Waals surface area contributed by atoms with Crippen LogP contribution in [-0.2, 0) is 0 Å². The minimum Gasteiger partial charge on any atom is -0.359 e. The number of hydrogen-bond acceptors (Lipinski definition) is 2. The highest BCUT2D eigenvalue weighted by Crippen LogP contribution is 2.44. The highest BCUT2D eigenvalue weighted by Gasteiger charge is 2.46. The lowest BCUT2D eigenvalue weighted by molar-refractivity contribution is 0.309. The molecule has 1 aliphatic heterocycles. The number of hydrogen-bond donors (Lipinski definition) is 1. The van der Waals surface area contributed by atoms with Crippen molar-refractivity contribution in [2.24, 2.45) is 17.8 Å². The molecule has 1 aromatic carbocycles. The summed E-state index contributed by atoms with van der Waals surface area (Å²) < 4.78 is 0. The summed E-state index contributed by atoms with van der Waals surface area (Å²) in [5.41, 5.74) is 6.47. The van der Waals surface area contributed by atoms with Gasteiger partial charge in [0.2, 0.25) is 0 Å². The van der Waals surface area contributed by atoms with Crippen LogP contribution >= 0.6 is 0 Å². The zero-order valence-electron chi connectivity index (χ0n) is 22.4. The molecule has 1 fully saturated rings. The lowest BCUT2D eigenvalue weighted by atomic mass is 9.83. The first-order valence-corrected chi connectivity index (χ1v) is 14.1. The molecule has 1 saturated heterocycles. The van der Waals surface area contributed by atoms with Gasteiger partial charge in [-0.2, -0.15) is 0 Å². The number of para-hydroxylation sites is 1. The van der Waals surface area contributed by atoms with Gasteiger partial charge in [-0.1, -0.05) is 115 Å². The summed E-state index contributed by atoms with van der Waals surface area (Å²) in [7, 11) is 0. The van der Waals surface area contributed by atoms with E-state index in [9.17, 15) is 0 Å². The summed E-state index contributed by atoms with van der Waals surface area (Å²) in [5, 5.41) is 3.66. The fourth-order valence-corrected chi connectivity index (χ4v) is 6.55. The SMILES string of the molecule is C/C(=C\C=C(/C)C1C=CC(N2C3C=CC=CC3C3C=CC=CC32)=CC1)Nc1ccccc1C1C=CC=CC1. The third kappa shape index (κ3) is 4.88. The third-order valence-electron chi connectivity index (χ3n) is 8.61. The lowest BCUT2D eigenvalue weighted by Crippen LogP contribution is -2.36. The van der Waals surface area contributed by atoms with Crippen LogP contribution in [0.1, 0.15) is 38.2 Å². The lowest BCUT2D eigenvalue weighted by Gasteiger charge is -2.34. The fourth-order valence-electron chi connectivity index (χ4n) is 6.55. The van der Waals surface area contributed by atoms with Gasteiger partial charge in [0.25, 0.3) is 0 Å². The fraction of sp³-hybridized carbons (Fsp3) is 0.278. The monoisotopic (exact) mass is 498 g/mol. The van der Waals surface area contributed by atoms with E-state index in [4.69, 9.17) is 0 Å². The highest BCUT2D eigenvalue weighted by molar-refractivity contribution is 5.58. The summed E-state index contributed by atoms with van der Waals surface area (Å²) in [5.74, 6) is 1.97. The summed E-state index contributed by atoms with van der Waals surface area (Å²) in [4.78, 5) is 2.64. The molecule has 0 aromatic heterocycles. The number of anilines is 1. The van der Waals surface area contributed by atoms with Crippen molar-refractivity contribution in [1.82, 2.24) is 4.90 Å². The van der Waals surface area contributed by atoms with Crippen LogP contribution < -0.4 is 5.32 Å². The van der Waals surface area contributed by atoms with Gasteiger partial charge in [-0.3, -0.25) is 0 Å². The van der Waals surface area contributed by atoms with Crippen molar-refractivity contribution >= 4 is 5.69 Å². The first kappa shape index (κ1) is 24.6. The third-order valence-corrected chi connectivity index (χ3v) is 8.61. The molecule has 6 rings (SSSR count). The van der Waals surface area contributed by atoms with E-state index in [-0.39, 0.29) is 0 Å². The topological polar surface area (TPSA) is 15.3 Å². The Balaban J connectivity index is 1.12. The molecule has 5 aliphatic rings. The van der Waals surface area contributed by atoms with E-state index in [1.807, 2.05) is 0 Å². The van der Waals surface area contributed by atoms with E-state index in [1.54, 1.807) is 0 Å². The maximum atomic E-state index is 3.66. The summed E-state index contributed by atoms with van der Waals surface area (Å²) in [6, 6.07) is 9.55. The molecule has 0 bridgehead atoms. The largest absolute Gasteiger partial charge is 0.359 e. The van der Waals surface area contributed by atoms with Crippen LogP contribution in [-0.4, -0.2) is 17.0 Å². The molecule has 0 radical (unpaired) electrons. The van der Waals surface area contributed by atoms with Crippen LogP contribution in [0.25, 0.3) is 0 Å². The second-order valence-corrected chi connectivity index (χ2v) is 11.0. The molecule has 6 unspecified atom stereocenters. The molecule has 4 aliphatic carbocycles. The van der Waals surface area contributed by atoms with Crippen molar-refractivity contribution in [3.63, 3.8) is 0 Å². The first-order chi connectivity index (χ1) is 18.7. The maximum absolute atomic E-state index is 3.66. The summed E-state index contributed by atoms with van der Waals surface area (Å²) in [6.45, 7) is 4.42. The van der Waals surface area contributed by atoms with Crippen LogP contribution in [0.15, 0.2) is 145 Å². The Morgan fingerprint density at radius 1 is 0.789 bits per heavy atom. The van der Waals surface area contributed by atoms with Gasteiger partial charge in [-0.05, 0) is 50.5 Å². The van der Waals surface area contributed by atoms with Gasteiger partial charge in [-0.15, -0.1) is 0 Å². The van der Waals surface area contributed by atoms with Crippen LogP contribution in [0.2, 0.25) is 0 Å². The quantitative estimate of drug-likeness (QED) is 0.395. The number of nitrogens with one attached hydrogen (secondary N) is 1. The van der Waals surface area contributed by atoms with Crippen molar-refractivity contribution in [3.8, 4) is 0 Å². The van der Waals surface area contributed by atoms with E-state index in [2.05, 4.69) is 152 Å². The van der Waals surface area contributed by atoms with Gasteiger partial charge in [0.05, 0.1) is 12.1 Å². The predicted molar refractivity (Wildman–Crippen MR) is 162 cm³/mol. The van der Waals surface area contributed by atoms with Gasteiger partial charge in [-0.25, -0.2) is 0 Å². The van der Waals surface area contributed by atoms with Crippen molar-refractivity contribution in [2.45, 2.75) is 44.7 Å². The first-order valence-electron chi connectivity index (χ1n) is 14.1. The Hall–Kier alpha value is -3.78. The minimum absolute atomic E-state index is 0.434. The molecule has 1 aromatic rings. The Labute approximate surface area is 228 Å². The van der Waals surface area contributed by atoms with Crippen LogP contribution in [0.5, 0.6) is 0 Å². The predicted octanol–water partition coefficient (Wildman–Crippen LogP) is 8.55. The van der Waals surface area contributed by atoms with Gasteiger partial charge in [0.1, 0.15) is 0 Å². The molecule has 1 heterocycles. The average Bonchev–Trinajstić information content (AvgIpc) is 3.31. The molecule has 0 saturated carbocycles. The number of fused-ring (bicyclic) bond motifs is 3. The average molecular weight is 499 g/mol. The highest BCUT2D eigenvalue weighted by atomic mass is 15.2. The molecule has 6 atom stereocenters. The van der Waals surface area contributed by atoms with Crippen molar-refractivity contribution < 1.29 is 0 Å². The van der Waals surface area contributed by atoms with Gasteiger partial charge >= 0.3 is 0 Å². The van der Waals surface area contributed by atoms with E-state index in [0.29, 0.717) is 35.8 Å². The molecule has 38 heavy (non-hydrogen) atoms. The Bertz CT molecular complexity index is 1320. The number of rotatable bonds is 6. The molecular formula is C36H38N2. The normalized spacial score (nSPS) is 31.4. The second-order valence-electron chi connectivity index (χ2n) is 11.0. The van der Waals surface area contributed by atoms with Crippen molar-refractivity contribution in [3.05, 3.63) is 150 Å². The van der Waals surface area contributed by atoms with Crippen LogP contribution in [0, 0.1) is 17.8 Å². The molecule has 0 amide bonds. The standard InChI is InChI=1S/C36H38N2/c1-26(20-21-27(2)37-34-17-9-6-14-31(34)29-12-4-3-5-13-29)28-22-24-30(25-23-28)38-35-18-10-7-15-32(35)33-16-8-11-19-36(33)38/h3-12,14-22,24-25,28-29,32-33,35-37H,13,23H2,1-2H3/b26-20+,27-21+. The molecular weight excluding hydrogens is 460 g/mol. The minimum atomic E-state index is 0.434. The Morgan fingerprint density at radius 3 is 2.18 bits per heavy atom. The molecule has 192 valence electrons. The van der Waals surface area contributed by atoms with E-state index in [0.717, 1.165) is 18.5 Å². The zero-order chi connectivity index (χ0) is 25.9. The van der Waals surface area contributed by atoms with E-state index in [1.165, 1.54) is 22.5 Å². The number of likely N-dealkylation sites (tertiary alicyclic amines) is 1. The number of allylic oxidation sites excluding steroid dienone is 15. The van der Waals surface area contributed by atoms with Crippen LogP contribution in [0.3, 0.4) is 0 Å². The van der Waals surface area contributed by atoms with Gasteiger partial charge in [0.15, 0.2) is 0 Å². The van der Waals surface area contributed by atoms with Gasteiger partial charge < -0.3 is 10.2 Å². The van der Waals surface area contributed by atoms with E-state index < -0.39 is 0 Å². The maximum Gasteiger partial charge on any atom is 0.0551 e. The Kier molecular flexibility index (Phi) is 7.05. The van der Waals surface area contributed by atoms with E-state index >= 15 is 0 Å². The molecule has 2 heteroatoms. The summed E-state index contributed by atoms with van der Waals surface area (Å²) >= 11 is 0. The van der Waals surface area contributed by atoms with Crippen molar-refractivity contribution in [2.75, 3.05) is 5.32 Å². The number of nitrogens with zero attached hydrogens (tertiary/aromatic N) is 1. The van der Waals surface area contributed by atoms with Gasteiger partial charge in [0, 0.05) is 40.8 Å².